The van der Waals surface area contributed by atoms with Gasteiger partial charge in [-0.15, -0.1) is 0 Å². The minimum absolute atomic E-state index is 0.000142. The molecule has 24 heavy (non-hydrogen) atoms. The smallest absolute Gasteiger partial charge is 0.261 e. The van der Waals surface area contributed by atoms with Crippen molar-refractivity contribution in [1.29, 1.82) is 0 Å². The van der Waals surface area contributed by atoms with E-state index in [0.717, 1.165) is 18.5 Å². The summed E-state index contributed by atoms with van der Waals surface area (Å²) < 4.78 is 24.8. The Morgan fingerprint density at radius 2 is 1.79 bits per heavy atom. The molecule has 2 aromatic rings. The molecule has 1 saturated carbocycles. The summed E-state index contributed by atoms with van der Waals surface area (Å²) in [6.07, 6.45) is 2.14. The van der Waals surface area contributed by atoms with E-state index in [9.17, 15) is 9.18 Å². The molecule has 0 atom stereocenters. The Hall–Kier alpha value is -2.56. The van der Waals surface area contributed by atoms with Crippen molar-refractivity contribution in [1.82, 2.24) is 0 Å². The van der Waals surface area contributed by atoms with Crippen LogP contribution in [-0.4, -0.2) is 26.7 Å². The summed E-state index contributed by atoms with van der Waals surface area (Å²) in [5.74, 6) is -0.334. The summed E-state index contributed by atoms with van der Waals surface area (Å²) in [7, 11) is 2.90. The van der Waals surface area contributed by atoms with Crippen LogP contribution in [0.3, 0.4) is 0 Å². The predicted octanol–water partition coefficient (Wildman–Crippen LogP) is 3.53. The number of methoxy groups -OCH3 is 2. The van der Waals surface area contributed by atoms with Gasteiger partial charge in [-0.3, -0.25) is 4.79 Å². The first-order valence-electron chi connectivity index (χ1n) is 7.92. The minimum Gasteiger partial charge on any atom is -0.493 e. The number of hydrogen-bond donors (Lipinski definition) is 0. The van der Waals surface area contributed by atoms with E-state index in [1.54, 1.807) is 4.90 Å². The van der Waals surface area contributed by atoms with E-state index < -0.39 is 5.82 Å². The van der Waals surface area contributed by atoms with E-state index in [0.29, 0.717) is 12.3 Å². The topological polar surface area (TPSA) is 38.8 Å². The number of carbonyl (C=O) groups is 1. The van der Waals surface area contributed by atoms with Crippen LogP contribution in [0.15, 0.2) is 36.4 Å². The standard InChI is InChI=1S/C19H18FNO3/c1-23-16-9-12(14(20)10-17(16)24-2)18(22)21-11-19(7-8-19)13-5-3-4-6-15(13)21/h3-6,9-10H,7-8,11H2,1-2H3. The Bertz CT molecular complexity index is 829. The third kappa shape index (κ3) is 2.08. The Labute approximate surface area is 139 Å². The molecule has 4 rings (SSSR count). The second kappa shape index (κ2) is 5.23. The molecule has 1 fully saturated rings. The van der Waals surface area contributed by atoms with Gasteiger partial charge in [-0.25, -0.2) is 4.39 Å². The fourth-order valence-electron chi connectivity index (χ4n) is 3.55. The number of nitrogens with zero attached hydrogens (tertiary/aromatic N) is 1. The molecule has 1 spiro atoms. The highest BCUT2D eigenvalue weighted by Crippen LogP contribution is 2.56. The van der Waals surface area contributed by atoms with E-state index in [-0.39, 0.29) is 22.6 Å². The van der Waals surface area contributed by atoms with Gasteiger partial charge in [0.1, 0.15) is 5.82 Å². The molecule has 1 amide bonds. The number of halogens is 1. The van der Waals surface area contributed by atoms with E-state index >= 15 is 0 Å². The minimum atomic E-state index is -0.605. The van der Waals surface area contributed by atoms with E-state index in [1.165, 1.54) is 31.9 Å². The van der Waals surface area contributed by atoms with Crippen LogP contribution in [0, 0.1) is 5.82 Å². The van der Waals surface area contributed by atoms with Crippen LogP contribution in [-0.2, 0) is 5.41 Å². The second-order valence-electron chi connectivity index (χ2n) is 6.38. The molecule has 0 saturated heterocycles. The lowest BCUT2D eigenvalue weighted by molar-refractivity contribution is 0.0983. The van der Waals surface area contributed by atoms with Crippen molar-refractivity contribution < 1.29 is 18.7 Å². The van der Waals surface area contributed by atoms with Crippen LogP contribution < -0.4 is 14.4 Å². The predicted molar refractivity (Wildman–Crippen MR) is 88.5 cm³/mol. The van der Waals surface area contributed by atoms with Crippen molar-refractivity contribution in [3.8, 4) is 11.5 Å². The van der Waals surface area contributed by atoms with Crippen molar-refractivity contribution in [3.05, 3.63) is 53.3 Å². The molecule has 0 radical (unpaired) electrons. The van der Waals surface area contributed by atoms with Crippen LogP contribution in [0.2, 0.25) is 0 Å². The lowest BCUT2D eigenvalue weighted by Gasteiger charge is -2.19. The van der Waals surface area contributed by atoms with Crippen molar-refractivity contribution in [2.24, 2.45) is 0 Å². The molecule has 1 aliphatic carbocycles. The Balaban J connectivity index is 1.75. The lowest BCUT2D eigenvalue weighted by atomic mass is 9.99. The molecule has 1 heterocycles. The third-order valence-corrected chi connectivity index (χ3v) is 5.03. The SMILES string of the molecule is COc1cc(F)c(C(=O)N2CC3(CC3)c3ccccc32)cc1OC. The quantitative estimate of drug-likeness (QED) is 0.865. The number of anilines is 1. The monoisotopic (exact) mass is 327 g/mol. The van der Waals surface area contributed by atoms with E-state index in [2.05, 4.69) is 6.07 Å². The lowest BCUT2D eigenvalue weighted by Crippen LogP contribution is -2.32. The molecule has 5 heteroatoms. The van der Waals surface area contributed by atoms with Gasteiger partial charge in [0, 0.05) is 23.7 Å². The van der Waals surface area contributed by atoms with E-state index in [1.807, 2.05) is 18.2 Å². The number of hydrogen-bond acceptors (Lipinski definition) is 3. The van der Waals surface area contributed by atoms with Gasteiger partial charge in [0.2, 0.25) is 0 Å². The summed E-state index contributed by atoms with van der Waals surface area (Å²) in [5.41, 5.74) is 2.15. The molecule has 2 aromatic carbocycles. The van der Waals surface area contributed by atoms with Gasteiger partial charge in [-0.2, -0.15) is 0 Å². The first-order chi connectivity index (χ1) is 11.6. The largest absolute Gasteiger partial charge is 0.493 e. The van der Waals surface area contributed by atoms with Crippen LogP contribution in [0.1, 0.15) is 28.8 Å². The van der Waals surface area contributed by atoms with Gasteiger partial charge in [0.05, 0.1) is 19.8 Å². The van der Waals surface area contributed by atoms with Crippen LogP contribution in [0.4, 0.5) is 10.1 Å². The van der Waals surface area contributed by atoms with Gasteiger partial charge < -0.3 is 14.4 Å². The molecule has 0 aromatic heterocycles. The average Bonchev–Trinajstić information content (AvgIpc) is 3.31. The highest BCUT2D eigenvalue weighted by molar-refractivity contribution is 6.08. The maximum atomic E-state index is 14.5. The van der Waals surface area contributed by atoms with Crippen molar-refractivity contribution in [3.63, 3.8) is 0 Å². The maximum Gasteiger partial charge on any atom is 0.261 e. The zero-order valence-corrected chi connectivity index (χ0v) is 13.6. The zero-order valence-electron chi connectivity index (χ0n) is 13.6. The first kappa shape index (κ1) is 15.0. The molecule has 0 bridgehead atoms. The Morgan fingerprint density at radius 1 is 1.12 bits per heavy atom. The molecule has 0 N–H and O–H groups in total. The molecular weight excluding hydrogens is 309 g/mol. The average molecular weight is 327 g/mol. The van der Waals surface area contributed by atoms with Crippen LogP contribution in [0.25, 0.3) is 0 Å². The Kier molecular flexibility index (Phi) is 3.27. The van der Waals surface area contributed by atoms with Crippen molar-refractivity contribution in [2.45, 2.75) is 18.3 Å². The molecule has 0 unspecified atom stereocenters. The number of amides is 1. The van der Waals surface area contributed by atoms with Crippen molar-refractivity contribution in [2.75, 3.05) is 25.7 Å². The van der Waals surface area contributed by atoms with E-state index in [4.69, 9.17) is 9.47 Å². The summed E-state index contributed by atoms with van der Waals surface area (Å²) >= 11 is 0. The summed E-state index contributed by atoms with van der Waals surface area (Å²) in [6, 6.07) is 10.5. The Morgan fingerprint density at radius 3 is 2.46 bits per heavy atom. The number of ether oxygens (including phenoxy) is 2. The van der Waals surface area contributed by atoms with Gasteiger partial charge in [-0.1, -0.05) is 18.2 Å². The van der Waals surface area contributed by atoms with Crippen molar-refractivity contribution >= 4 is 11.6 Å². The summed E-state index contributed by atoms with van der Waals surface area (Å²) in [5, 5.41) is 0. The number of carbonyl (C=O) groups excluding carboxylic acids is 1. The molecule has 124 valence electrons. The third-order valence-electron chi connectivity index (χ3n) is 5.03. The second-order valence-corrected chi connectivity index (χ2v) is 6.38. The molecule has 2 aliphatic rings. The molecule has 1 aliphatic heterocycles. The van der Waals surface area contributed by atoms with Gasteiger partial charge in [-0.05, 0) is 30.5 Å². The van der Waals surface area contributed by atoms with Gasteiger partial charge >= 0.3 is 0 Å². The highest BCUT2D eigenvalue weighted by atomic mass is 19.1. The first-order valence-corrected chi connectivity index (χ1v) is 7.92. The molecular formula is C19H18FNO3. The number of benzene rings is 2. The van der Waals surface area contributed by atoms with Gasteiger partial charge in [0.15, 0.2) is 11.5 Å². The fourth-order valence-corrected chi connectivity index (χ4v) is 3.55. The number of fused-ring (bicyclic) bond motifs is 2. The summed E-state index contributed by atoms with van der Waals surface area (Å²) in [4.78, 5) is 14.7. The number of para-hydroxylation sites is 1. The van der Waals surface area contributed by atoms with Crippen LogP contribution in [0.5, 0.6) is 11.5 Å². The molecule has 4 nitrogen and oxygen atoms in total. The zero-order chi connectivity index (χ0) is 16.9. The fraction of sp³-hybridized carbons (Fsp3) is 0.316. The maximum absolute atomic E-state index is 14.5. The van der Waals surface area contributed by atoms with Gasteiger partial charge in [0.25, 0.3) is 5.91 Å². The normalized spacial score (nSPS) is 16.9. The highest BCUT2D eigenvalue weighted by Gasteiger charge is 2.53. The van der Waals surface area contributed by atoms with Crippen LogP contribution >= 0.6 is 0 Å². The summed E-state index contributed by atoms with van der Waals surface area (Å²) in [6.45, 7) is 0.610. The number of rotatable bonds is 3.